The minimum atomic E-state index is 0.256. The Morgan fingerprint density at radius 2 is 1.90 bits per heavy atom. The Morgan fingerprint density at radius 1 is 1.14 bits per heavy atom. The molecule has 0 aromatic carbocycles. The number of nitrogens with zero attached hydrogens (tertiary/aromatic N) is 2. The number of nitrogens with one attached hydrogen (secondary N) is 1. The van der Waals surface area contributed by atoms with Gasteiger partial charge >= 0.3 is 0 Å². The summed E-state index contributed by atoms with van der Waals surface area (Å²) in [6.07, 6.45) is 7.29. The lowest BCUT2D eigenvalue weighted by Crippen LogP contribution is -2.30. The smallest absolute Gasteiger partial charge is 0.129 e. The summed E-state index contributed by atoms with van der Waals surface area (Å²) in [7, 11) is 0. The molecule has 3 rings (SSSR count). The SMILES string of the molecule is Cc1nc(CC(C)(C)C)nc2c1CC(CNC1CC1)CC2. The third-order valence-electron chi connectivity index (χ3n) is 4.59. The van der Waals surface area contributed by atoms with Crippen LogP contribution in [0, 0.1) is 18.3 Å². The van der Waals surface area contributed by atoms with E-state index in [0.717, 1.165) is 37.0 Å². The Kier molecular flexibility index (Phi) is 4.04. The average Bonchev–Trinajstić information content (AvgIpc) is 3.18. The van der Waals surface area contributed by atoms with Crippen molar-refractivity contribution in [2.75, 3.05) is 6.54 Å². The van der Waals surface area contributed by atoms with E-state index in [0.29, 0.717) is 0 Å². The van der Waals surface area contributed by atoms with Gasteiger partial charge in [0.1, 0.15) is 5.82 Å². The fourth-order valence-corrected chi connectivity index (χ4v) is 3.27. The number of aromatic nitrogens is 2. The van der Waals surface area contributed by atoms with Crippen molar-refractivity contribution in [3.05, 3.63) is 22.8 Å². The van der Waals surface area contributed by atoms with Gasteiger partial charge in [-0.3, -0.25) is 0 Å². The van der Waals surface area contributed by atoms with Gasteiger partial charge in [-0.1, -0.05) is 20.8 Å². The molecule has 1 aromatic rings. The zero-order chi connectivity index (χ0) is 15.0. The monoisotopic (exact) mass is 287 g/mol. The number of aryl methyl sites for hydroxylation is 2. The molecular weight excluding hydrogens is 258 g/mol. The summed E-state index contributed by atoms with van der Waals surface area (Å²) in [5.41, 5.74) is 4.23. The maximum absolute atomic E-state index is 4.87. The Morgan fingerprint density at radius 3 is 2.57 bits per heavy atom. The van der Waals surface area contributed by atoms with E-state index < -0.39 is 0 Å². The summed E-state index contributed by atoms with van der Waals surface area (Å²) in [4.78, 5) is 9.65. The van der Waals surface area contributed by atoms with Crippen molar-refractivity contribution >= 4 is 0 Å². The molecule has 0 bridgehead atoms. The standard InChI is InChI=1S/C18H29N3/c1-12-15-9-13(11-19-14-6-7-14)5-8-16(15)21-17(20-12)10-18(2,3)4/h13-14,19H,5-11H2,1-4H3. The Hall–Kier alpha value is -0.960. The fraction of sp³-hybridized carbons (Fsp3) is 0.778. The predicted molar refractivity (Wildman–Crippen MR) is 86.5 cm³/mol. The topological polar surface area (TPSA) is 37.8 Å². The molecule has 2 aliphatic rings. The second-order valence-corrected chi connectivity index (χ2v) is 8.18. The first-order valence-electron chi connectivity index (χ1n) is 8.49. The highest BCUT2D eigenvalue weighted by Gasteiger charge is 2.26. The summed E-state index contributed by atoms with van der Waals surface area (Å²) < 4.78 is 0. The molecule has 0 radical (unpaired) electrons. The van der Waals surface area contributed by atoms with Crippen molar-refractivity contribution in [3.63, 3.8) is 0 Å². The van der Waals surface area contributed by atoms with Gasteiger partial charge in [-0.2, -0.15) is 0 Å². The van der Waals surface area contributed by atoms with Crippen LogP contribution in [0.15, 0.2) is 0 Å². The van der Waals surface area contributed by atoms with Gasteiger partial charge in [-0.05, 0) is 62.5 Å². The van der Waals surface area contributed by atoms with Gasteiger partial charge in [-0.25, -0.2) is 9.97 Å². The van der Waals surface area contributed by atoms with Crippen LogP contribution in [0.5, 0.6) is 0 Å². The predicted octanol–water partition coefficient (Wildman–Crippen LogP) is 3.23. The Labute approximate surface area is 129 Å². The normalized spacial score (nSPS) is 22.2. The largest absolute Gasteiger partial charge is 0.314 e. The van der Waals surface area contributed by atoms with Crippen molar-refractivity contribution in [1.82, 2.24) is 15.3 Å². The molecule has 3 nitrogen and oxygen atoms in total. The van der Waals surface area contributed by atoms with Crippen LogP contribution in [0.4, 0.5) is 0 Å². The average molecular weight is 287 g/mol. The summed E-state index contributed by atoms with van der Waals surface area (Å²) >= 11 is 0. The molecule has 0 saturated heterocycles. The van der Waals surface area contributed by atoms with Crippen LogP contribution in [0.25, 0.3) is 0 Å². The lowest BCUT2D eigenvalue weighted by Gasteiger charge is -2.26. The van der Waals surface area contributed by atoms with Crippen LogP contribution in [0.1, 0.15) is 62.8 Å². The summed E-state index contributed by atoms with van der Waals surface area (Å²) in [5, 5.41) is 3.68. The van der Waals surface area contributed by atoms with Gasteiger partial charge in [0.05, 0.1) is 0 Å². The molecule has 1 atom stereocenters. The van der Waals surface area contributed by atoms with Crippen LogP contribution in [0.2, 0.25) is 0 Å². The van der Waals surface area contributed by atoms with Crippen molar-refractivity contribution in [2.24, 2.45) is 11.3 Å². The van der Waals surface area contributed by atoms with Crippen molar-refractivity contribution < 1.29 is 0 Å². The first-order chi connectivity index (χ1) is 9.90. The van der Waals surface area contributed by atoms with E-state index in [2.05, 4.69) is 33.0 Å². The van der Waals surface area contributed by atoms with Crippen LogP contribution >= 0.6 is 0 Å². The molecule has 1 saturated carbocycles. The number of rotatable bonds is 4. The first-order valence-corrected chi connectivity index (χ1v) is 8.49. The highest BCUT2D eigenvalue weighted by Crippen LogP contribution is 2.28. The van der Waals surface area contributed by atoms with Gasteiger partial charge in [0, 0.05) is 23.9 Å². The molecule has 1 heterocycles. The Balaban J connectivity index is 1.70. The van der Waals surface area contributed by atoms with Crippen LogP contribution < -0.4 is 5.32 Å². The van der Waals surface area contributed by atoms with E-state index in [9.17, 15) is 0 Å². The zero-order valence-electron chi connectivity index (χ0n) is 14.0. The highest BCUT2D eigenvalue weighted by molar-refractivity contribution is 5.28. The molecule has 1 fully saturated rings. The molecule has 2 aliphatic carbocycles. The van der Waals surface area contributed by atoms with Gasteiger partial charge < -0.3 is 5.32 Å². The Bertz CT molecular complexity index is 512. The van der Waals surface area contributed by atoms with Gasteiger partial charge in [0.2, 0.25) is 0 Å². The summed E-state index contributed by atoms with van der Waals surface area (Å²) in [6.45, 7) is 10.1. The van der Waals surface area contributed by atoms with Crippen LogP contribution in [0.3, 0.4) is 0 Å². The van der Waals surface area contributed by atoms with Gasteiger partial charge in [-0.15, -0.1) is 0 Å². The molecule has 116 valence electrons. The van der Waals surface area contributed by atoms with Gasteiger partial charge in [0.25, 0.3) is 0 Å². The minimum absolute atomic E-state index is 0.256. The third kappa shape index (κ3) is 4.03. The number of fused-ring (bicyclic) bond motifs is 1. The first kappa shape index (κ1) is 15.0. The maximum atomic E-state index is 4.87. The molecular formula is C18H29N3. The van der Waals surface area contributed by atoms with E-state index >= 15 is 0 Å². The van der Waals surface area contributed by atoms with Crippen LogP contribution in [-0.2, 0) is 19.3 Å². The minimum Gasteiger partial charge on any atom is -0.314 e. The third-order valence-corrected chi connectivity index (χ3v) is 4.59. The van der Waals surface area contributed by atoms with Crippen LogP contribution in [-0.4, -0.2) is 22.6 Å². The zero-order valence-corrected chi connectivity index (χ0v) is 14.0. The molecule has 3 heteroatoms. The maximum Gasteiger partial charge on any atom is 0.129 e. The lowest BCUT2D eigenvalue weighted by molar-refractivity contribution is 0.392. The lowest BCUT2D eigenvalue weighted by atomic mass is 9.85. The van der Waals surface area contributed by atoms with Crippen molar-refractivity contribution in [1.29, 1.82) is 0 Å². The van der Waals surface area contributed by atoms with Crippen molar-refractivity contribution in [3.8, 4) is 0 Å². The molecule has 1 N–H and O–H groups in total. The van der Waals surface area contributed by atoms with E-state index in [1.54, 1.807) is 0 Å². The van der Waals surface area contributed by atoms with E-state index in [1.807, 2.05) is 0 Å². The molecule has 21 heavy (non-hydrogen) atoms. The van der Waals surface area contributed by atoms with E-state index in [1.165, 1.54) is 42.8 Å². The molecule has 0 aliphatic heterocycles. The van der Waals surface area contributed by atoms with E-state index in [-0.39, 0.29) is 5.41 Å². The van der Waals surface area contributed by atoms with Crippen molar-refractivity contribution in [2.45, 2.75) is 72.3 Å². The summed E-state index contributed by atoms with van der Waals surface area (Å²) in [5.74, 6) is 1.81. The fourth-order valence-electron chi connectivity index (χ4n) is 3.27. The van der Waals surface area contributed by atoms with Gasteiger partial charge in [0.15, 0.2) is 0 Å². The number of hydrogen-bond acceptors (Lipinski definition) is 3. The number of hydrogen-bond donors (Lipinski definition) is 1. The molecule has 1 aromatic heterocycles. The molecule has 0 spiro atoms. The molecule has 0 amide bonds. The van der Waals surface area contributed by atoms with E-state index in [4.69, 9.17) is 9.97 Å². The second-order valence-electron chi connectivity index (χ2n) is 8.18. The quantitative estimate of drug-likeness (QED) is 0.924. The molecule has 1 unspecified atom stereocenters. The second kappa shape index (κ2) is 5.68. The highest BCUT2D eigenvalue weighted by atomic mass is 15.0. The summed E-state index contributed by atoms with van der Waals surface area (Å²) in [6, 6.07) is 0.818.